The average molecular weight is 537 g/mol. The molecular weight excluding hydrogens is 515 g/mol. The fraction of sp³-hybridized carbons (Fsp3) is 0.174. The third kappa shape index (κ3) is 5.22. The highest BCUT2D eigenvalue weighted by molar-refractivity contribution is 7.97. The second-order valence-electron chi connectivity index (χ2n) is 8.31. The second kappa shape index (κ2) is 9.58. The molecule has 3 N–H and O–H groups in total. The molecule has 0 bridgehead atoms. The number of halogens is 2. The van der Waals surface area contributed by atoms with Crippen molar-refractivity contribution < 1.29 is 13.2 Å². The fourth-order valence-electron chi connectivity index (χ4n) is 3.46. The van der Waals surface area contributed by atoms with Crippen LogP contribution in [-0.2, 0) is 15.4 Å². The number of anilines is 1. The summed E-state index contributed by atoms with van der Waals surface area (Å²) >= 11 is 13.4. The topological polar surface area (TPSA) is 90.5 Å². The monoisotopic (exact) mass is 536 g/mol. The number of nitrogens with zero attached hydrogens (tertiary/aromatic N) is 1. The van der Waals surface area contributed by atoms with Gasteiger partial charge in [0, 0.05) is 34.4 Å². The van der Waals surface area contributed by atoms with Crippen molar-refractivity contribution in [1.82, 2.24) is 14.3 Å². The average Bonchev–Trinajstić information content (AvgIpc) is 3.26. The van der Waals surface area contributed by atoms with Crippen LogP contribution in [0.4, 0.5) is 5.69 Å². The Morgan fingerprint density at radius 2 is 1.82 bits per heavy atom. The molecule has 0 aliphatic carbocycles. The quantitative estimate of drug-likeness (QED) is 0.423. The highest BCUT2D eigenvalue weighted by atomic mass is 35.5. The number of carbonyl (C=O) groups is 1. The van der Waals surface area contributed by atoms with E-state index >= 15 is 0 Å². The van der Waals surface area contributed by atoms with Gasteiger partial charge in [-0.1, -0.05) is 49.2 Å². The molecule has 178 valence electrons. The summed E-state index contributed by atoms with van der Waals surface area (Å²) in [6.07, 6.45) is 6.48. The van der Waals surface area contributed by atoms with Gasteiger partial charge >= 0.3 is 0 Å². The van der Waals surface area contributed by atoms with E-state index in [0.29, 0.717) is 22.3 Å². The summed E-state index contributed by atoms with van der Waals surface area (Å²) < 4.78 is 33.6. The highest BCUT2D eigenvalue weighted by Crippen LogP contribution is 2.34. The minimum absolute atomic E-state index is 0.0719. The third-order valence-corrected chi connectivity index (χ3v) is 8.02. The molecule has 2 aliphatic heterocycles. The summed E-state index contributed by atoms with van der Waals surface area (Å²) in [5.41, 5.74) is 1.37. The first-order valence-corrected chi connectivity index (χ1v) is 13.3. The smallest absolute Gasteiger partial charge is 0.264 e. The van der Waals surface area contributed by atoms with Crippen molar-refractivity contribution in [2.24, 2.45) is 0 Å². The third-order valence-electron chi connectivity index (χ3n) is 5.38. The molecule has 0 radical (unpaired) electrons. The summed E-state index contributed by atoms with van der Waals surface area (Å²) in [5, 5.41) is 3.84. The number of allylic oxidation sites excluding steroid dienone is 2. The van der Waals surface area contributed by atoms with Crippen molar-refractivity contribution in [1.29, 1.82) is 0 Å². The maximum atomic E-state index is 13.2. The maximum Gasteiger partial charge on any atom is 0.264 e. The van der Waals surface area contributed by atoms with Crippen LogP contribution in [0.5, 0.6) is 0 Å². The van der Waals surface area contributed by atoms with Crippen molar-refractivity contribution >= 4 is 57.0 Å². The van der Waals surface area contributed by atoms with Gasteiger partial charge in [-0.2, -0.15) is 0 Å². The van der Waals surface area contributed by atoms with Gasteiger partial charge in [0.05, 0.1) is 29.1 Å². The lowest BCUT2D eigenvalue weighted by atomic mass is 9.84. The van der Waals surface area contributed by atoms with Crippen LogP contribution in [0.15, 0.2) is 77.6 Å². The lowest BCUT2D eigenvalue weighted by molar-refractivity contribution is 0.0946. The normalized spacial score (nSPS) is 15.2. The lowest BCUT2D eigenvalue weighted by Gasteiger charge is -2.26. The van der Waals surface area contributed by atoms with Gasteiger partial charge in [-0.05, 0) is 48.0 Å². The minimum Gasteiger partial charge on any atom is -0.351 e. The lowest BCUT2D eigenvalue weighted by Crippen LogP contribution is -2.37. The van der Waals surface area contributed by atoms with Gasteiger partial charge in [0.2, 0.25) is 0 Å². The molecule has 34 heavy (non-hydrogen) atoms. The van der Waals surface area contributed by atoms with Gasteiger partial charge in [-0.3, -0.25) is 13.8 Å². The van der Waals surface area contributed by atoms with Crippen LogP contribution < -0.4 is 14.8 Å². The van der Waals surface area contributed by atoms with Gasteiger partial charge in [0.1, 0.15) is 4.91 Å². The van der Waals surface area contributed by atoms with E-state index in [1.807, 2.05) is 26.0 Å². The van der Waals surface area contributed by atoms with E-state index in [1.54, 1.807) is 41.0 Å². The summed E-state index contributed by atoms with van der Waals surface area (Å²) in [7, 11) is -4.01. The number of fused-ring (bicyclic) bond motifs is 1. The van der Waals surface area contributed by atoms with E-state index in [-0.39, 0.29) is 21.6 Å². The Morgan fingerprint density at radius 1 is 1.12 bits per heavy atom. The maximum absolute atomic E-state index is 13.2. The highest BCUT2D eigenvalue weighted by Gasteiger charge is 2.31. The molecule has 0 fully saturated rings. The zero-order valence-corrected chi connectivity index (χ0v) is 21.4. The van der Waals surface area contributed by atoms with Crippen LogP contribution in [0.2, 0.25) is 10.0 Å². The number of hydrogen-bond acceptors (Lipinski definition) is 6. The zero-order chi connectivity index (χ0) is 24.5. The first-order chi connectivity index (χ1) is 16.1. The Kier molecular flexibility index (Phi) is 6.91. The van der Waals surface area contributed by atoms with E-state index in [9.17, 15) is 13.2 Å². The first-order valence-electron chi connectivity index (χ1n) is 10.2. The van der Waals surface area contributed by atoms with Gasteiger partial charge in [0.15, 0.2) is 0 Å². The van der Waals surface area contributed by atoms with Crippen molar-refractivity contribution in [2.45, 2.75) is 19.3 Å². The van der Waals surface area contributed by atoms with Crippen LogP contribution in [0.3, 0.4) is 0 Å². The molecular formula is C23H22Cl2N4O3S2. The molecule has 11 heteroatoms. The van der Waals surface area contributed by atoms with Crippen molar-refractivity contribution in [3.63, 3.8) is 0 Å². The Hall–Kier alpha value is -2.59. The van der Waals surface area contributed by atoms with Crippen LogP contribution in [0, 0.1) is 0 Å². The second-order valence-corrected chi connectivity index (χ2v) is 11.6. The summed E-state index contributed by atoms with van der Waals surface area (Å²) in [5.74, 6) is -0.423. The Labute approximate surface area is 213 Å². The van der Waals surface area contributed by atoms with Crippen molar-refractivity contribution in [2.75, 3.05) is 11.3 Å². The summed E-state index contributed by atoms with van der Waals surface area (Å²) in [4.78, 5) is 13.2. The number of rotatable bonds is 7. The molecule has 0 spiro atoms. The Morgan fingerprint density at radius 3 is 2.56 bits per heavy atom. The van der Waals surface area contributed by atoms with E-state index in [1.165, 1.54) is 30.3 Å². The van der Waals surface area contributed by atoms with E-state index < -0.39 is 15.9 Å². The standard InChI is InChI=1S/C23H22Cl2N4O3S2/c1-23(2,15-5-7-16(24)8-6-15)14-26-22(30)18-10-9-17(25)12-19(18)28-34(31,32)21-4-3-11-29-20(21)13-27-33-29/h3-13,27-28H,14H2,1-2H3,(H,26,30). The Bertz CT molecular complexity index is 1320. The molecule has 0 unspecified atom stereocenters. The number of nitrogens with one attached hydrogen (secondary N) is 3. The number of hydrogen-bond donors (Lipinski definition) is 3. The molecule has 2 aliphatic rings. The van der Waals surface area contributed by atoms with E-state index in [2.05, 4.69) is 14.8 Å². The van der Waals surface area contributed by atoms with Crippen LogP contribution in [0.1, 0.15) is 29.8 Å². The van der Waals surface area contributed by atoms with Gasteiger partial charge in [-0.15, -0.1) is 0 Å². The fourth-order valence-corrected chi connectivity index (χ4v) is 5.73. The predicted octanol–water partition coefficient (Wildman–Crippen LogP) is 5.16. The van der Waals surface area contributed by atoms with Crippen LogP contribution >= 0.6 is 35.3 Å². The molecule has 7 nitrogen and oxygen atoms in total. The van der Waals surface area contributed by atoms with Gasteiger partial charge < -0.3 is 10.0 Å². The SMILES string of the molecule is CC(C)(CNC(=O)c1ccc(Cl)cc1NS(=O)(=O)C1=CC=CN2SNC=C12)c1ccc(Cl)cc1. The number of benzene rings is 2. The number of amides is 1. The van der Waals surface area contributed by atoms with Gasteiger partial charge in [-0.25, -0.2) is 8.42 Å². The molecule has 0 aromatic heterocycles. The Balaban J connectivity index is 1.55. The zero-order valence-electron chi connectivity index (χ0n) is 18.3. The van der Waals surface area contributed by atoms with E-state index in [4.69, 9.17) is 23.2 Å². The summed E-state index contributed by atoms with van der Waals surface area (Å²) in [6, 6.07) is 11.9. The molecule has 0 saturated heterocycles. The number of carbonyl (C=O) groups excluding carboxylic acids is 1. The predicted molar refractivity (Wildman–Crippen MR) is 139 cm³/mol. The van der Waals surface area contributed by atoms with Gasteiger partial charge in [0.25, 0.3) is 15.9 Å². The molecule has 2 aromatic rings. The molecule has 2 aromatic carbocycles. The molecule has 0 atom stereocenters. The number of sulfonamides is 1. The van der Waals surface area contributed by atoms with Crippen molar-refractivity contribution in [3.8, 4) is 0 Å². The van der Waals surface area contributed by atoms with Crippen LogP contribution in [0.25, 0.3) is 0 Å². The minimum atomic E-state index is -4.01. The van der Waals surface area contributed by atoms with Crippen molar-refractivity contribution in [3.05, 3.63) is 98.8 Å². The molecule has 1 amide bonds. The van der Waals surface area contributed by atoms with Crippen LogP contribution in [-0.4, -0.2) is 25.2 Å². The molecule has 2 heterocycles. The summed E-state index contributed by atoms with van der Waals surface area (Å²) in [6.45, 7) is 4.32. The largest absolute Gasteiger partial charge is 0.351 e. The first kappa shape index (κ1) is 24.5. The molecule has 4 rings (SSSR count). The van der Waals surface area contributed by atoms with E-state index in [0.717, 1.165) is 5.56 Å². The molecule has 0 saturated carbocycles.